The minimum atomic E-state index is -0.689. The molecule has 0 saturated heterocycles. The predicted molar refractivity (Wildman–Crippen MR) is 128 cm³/mol. The summed E-state index contributed by atoms with van der Waals surface area (Å²) in [5.74, 6) is 0.918. The summed E-state index contributed by atoms with van der Waals surface area (Å²) < 4.78 is 50.7. The van der Waals surface area contributed by atoms with Crippen LogP contribution in [0.5, 0.6) is 28.7 Å². The van der Waals surface area contributed by atoms with Gasteiger partial charge < -0.3 is 29.6 Å². The second-order valence-electron chi connectivity index (χ2n) is 7.82. The molecule has 1 aliphatic heterocycles. The van der Waals surface area contributed by atoms with Crippen LogP contribution in [0, 0.1) is 11.6 Å². The molecule has 2 heterocycles. The third-order valence-electron chi connectivity index (χ3n) is 5.45. The molecule has 36 heavy (non-hydrogen) atoms. The summed E-state index contributed by atoms with van der Waals surface area (Å²) in [6.45, 7) is 0.884. The number of fused-ring (bicyclic) bond motifs is 3. The molecule has 0 radical (unpaired) electrons. The number of methoxy groups -OCH3 is 1. The first kappa shape index (κ1) is 23.2. The van der Waals surface area contributed by atoms with E-state index in [0.717, 1.165) is 6.07 Å². The van der Waals surface area contributed by atoms with Crippen LogP contribution in [0.4, 0.5) is 19.3 Å². The third-order valence-corrected chi connectivity index (χ3v) is 5.45. The van der Waals surface area contributed by atoms with E-state index in [1.165, 1.54) is 31.4 Å². The first-order valence-electron chi connectivity index (χ1n) is 11.0. The maximum Gasteiger partial charge on any atom is 0.319 e. The van der Waals surface area contributed by atoms with Crippen molar-refractivity contribution in [2.24, 2.45) is 0 Å². The van der Waals surface area contributed by atoms with E-state index in [2.05, 4.69) is 15.6 Å². The molecule has 2 amide bonds. The molecule has 5 rings (SSSR count). The van der Waals surface area contributed by atoms with Gasteiger partial charge in [0.1, 0.15) is 36.3 Å². The normalized spacial score (nSPS) is 12.2. The van der Waals surface area contributed by atoms with Crippen molar-refractivity contribution in [1.82, 2.24) is 10.3 Å². The monoisotopic (exact) mass is 493 g/mol. The van der Waals surface area contributed by atoms with E-state index in [0.29, 0.717) is 52.7 Å². The SMILES string of the molecule is COc1cc2nccc(Oc3ccc(NC(=O)NCc4ccc(F)cc4)c(F)c3)c2c2c1OCCO2. The van der Waals surface area contributed by atoms with Crippen LogP contribution in [-0.4, -0.2) is 31.3 Å². The van der Waals surface area contributed by atoms with Gasteiger partial charge in [-0.15, -0.1) is 0 Å². The lowest BCUT2D eigenvalue weighted by molar-refractivity contribution is 0.167. The lowest BCUT2D eigenvalue weighted by Gasteiger charge is -2.23. The Morgan fingerprint density at radius 3 is 2.53 bits per heavy atom. The average Bonchev–Trinajstić information content (AvgIpc) is 2.89. The molecule has 1 aliphatic rings. The molecule has 10 heteroatoms. The molecular formula is C26H21F2N3O5. The Balaban J connectivity index is 1.33. The van der Waals surface area contributed by atoms with Crippen molar-refractivity contribution in [1.29, 1.82) is 0 Å². The van der Waals surface area contributed by atoms with Crippen molar-refractivity contribution >= 4 is 22.6 Å². The van der Waals surface area contributed by atoms with E-state index in [1.54, 1.807) is 30.5 Å². The molecule has 0 bridgehead atoms. The molecule has 0 saturated carbocycles. The Morgan fingerprint density at radius 2 is 1.78 bits per heavy atom. The van der Waals surface area contributed by atoms with Crippen molar-refractivity contribution in [2.75, 3.05) is 25.6 Å². The van der Waals surface area contributed by atoms with E-state index >= 15 is 0 Å². The van der Waals surface area contributed by atoms with Crippen molar-refractivity contribution in [3.63, 3.8) is 0 Å². The standard InChI is InChI=1S/C26H21F2N3O5/c1-33-22-13-20-23(25-24(22)34-10-11-35-25)21(8-9-29-20)36-17-6-7-19(18(28)12-17)31-26(32)30-14-15-2-4-16(27)5-3-15/h2-9,12-13H,10-11,14H2,1H3,(H2,30,31,32). The number of pyridine rings is 1. The van der Waals surface area contributed by atoms with Crippen molar-refractivity contribution in [3.05, 3.63) is 78.0 Å². The van der Waals surface area contributed by atoms with Gasteiger partial charge in [-0.3, -0.25) is 4.98 Å². The van der Waals surface area contributed by atoms with Crippen LogP contribution in [-0.2, 0) is 6.54 Å². The summed E-state index contributed by atoms with van der Waals surface area (Å²) in [6, 6.07) is 12.5. The van der Waals surface area contributed by atoms with E-state index in [1.807, 2.05) is 0 Å². The van der Waals surface area contributed by atoms with Crippen LogP contribution in [0.2, 0.25) is 0 Å². The summed E-state index contributed by atoms with van der Waals surface area (Å²) in [5, 5.41) is 5.61. The molecule has 1 aromatic heterocycles. The topological polar surface area (TPSA) is 90.9 Å². The molecule has 0 fully saturated rings. The van der Waals surface area contributed by atoms with E-state index < -0.39 is 11.8 Å². The molecule has 0 spiro atoms. The Bertz CT molecular complexity index is 1430. The van der Waals surface area contributed by atoms with Gasteiger partial charge in [0.15, 0.2) is 11.5 Å². The third kappa shape index (κ3) is 4.78. The number of benzene rings is 3. The lowest BCUT2D eigenvalue weighted by Crippen LogP contribution is -2.28. The Hall–Kier alpha value is -4.60. The van der Waals surface area contributed by atoms with Gasteiger partial charge in [-0.1, -0.05) is 12.1 Å². The van der Waals surface area contributed by atoms with Gasteiger partial charge >= 0.3 is 6.03 Å². The highest BCUT2D eigenvalue weighted by molar-refractivity contribution is 5.95. The highest BCUT2D eigenvalue weighted by Crippen LogP contribution is 2.48. The van der Waals surface area contributed by atoms with Crippen LogP contribution in [0.1, 0.15) is 5.56 Å². The van der Waals surface area contributed by atoms with Gasteiger partial charge in [0, 0.05) is 24.9 Å². The fourth-order valence-electron chi connectivity index (χ4n) is 3.75. The van der Waals surface area contributed by atoms with Gasteiger partial charge in [0.2, 0.25) is 5.75 Å². The first-order chi connectivity index (χ1) is 17.5. The quantitative estimate of drug-likeness (QED) is 0.374. The summed E-state index contributed by atoms with van der Waals surface area (Å²) in [5.41, 5.74) is 1.23. The second-order valence-corrected chi connectivity index (χ2v) is 7.82. The second kappa shape index (κ2) is 9.95. The summed E-state index contributed by atoms with van der Waals surface area (Å²) in [4.78, 5) is 16.5. The van der Waals surface area contributed by atoms with Crippen LogP contribution in [0.25, 0.3) is 10.9 Å². The largest absolute Gasteiger partial charge is 0.493 e. The number of nitrogens with one attached hydrogen (secondary N) is 2. The summed E-state index contributed by atoms with van der Waals surface area (Å²) in [7, 11) is 1.53. The number of anilines is 1. The fraction of sp³-hybridized carbons (Fsp3) is 0.154. The minimum Gasteiger partial charge on any atom is -0.493 e. The van der Waals surface area contributed by atoms with Crippen LogP contribution < -0.4 is 29.6 Å². The number of amides is 2. The first-order valence-corrected chi connectivity index (χ1v) is 11.0. The van der Waals surface area contributed by atoms with Gasteiger partial charge in [-0.05, 0) is 35.9 Å². The van der Waals surface area contributed by atoms with E-state index in [4.69, 9.17) is 18.9 Å². The predicted octanol–water partition coefficient (Wildman–Crippen LogP) is 5.41. The van der Waals surface area contributed by atoms with Gasteiger partial charge in [0.25, 0.3) is 0 Å². The molecule has 0 aliphatic carbocycles. The molecular weight excluding hydrogens is 472 g/mol. The number of rotatable bonds is 6. The number of carbonyl (C=O) groups is 1. The van der Waals surface area contributed by atoms with Crippen molar-refractivity contribution in [3.8, 4) is 28.7 Å². The van der Waals surface area contributed by atoms with Crippen LogP contribution >= 0.6 is 0 Å². The van der Waals surface area contributed by atoms with Crippen molar-refractivity contribution in [2.45, 2.75) is 6.54 Å². The van der Waals surface area contributed by atoms with Gasteiger partial charge in [-0.25, -0.2) is 13.6 Å². The Labute approximate surface area is 204 Å². The average molecular weight is 493 g/mol. The summed E-state index contributed by atoms with van der Waals surface area (Å²) >= 11 is 0. The molecule has 184 valence electrons. The number of hydrogen-bond acceptors (Lipinski definition) is 6. The number of carbonyl (C=O) groups excluding carboxylic acids is 1. The zero-order valence-electron chi connectivity index (χ0n) is 19.1. The zero-order chi connectivity index (χ0) is 25.1. The highest BCUT2D eigenvalue weighted by Gasteiger charge is 2.24. The Morgan fingerprint density at radius 1 is 1.00 bits per heavy atom. The molecule has 4 aromatic rings. The van der Waals surface area contributed by atoms with E-state index in [-0.39, 0.29) is 23.8 Å². The Kier molecular flexibility index (Phi) is 6.40. The maximum atomic E-state index is 14.8. The highest BCUT2D eigenvalue weighted by atomic mass is 19.1. The number of hydrogen-bond donors (Lipinski definition) is 2. The van der Waals surface area contributed by atoms with Gasteiger partial charge in [0.05, 0.1) is 23.7 Å². The number of urea groups is 1. The van der Waals surface area contributed by atoms with Gasteiger partial charge in [-0.2, -0.15) is 0 Å². The van der Waals surface area contributed by atoms with Crippen molar-refractivity contribution < 1.29 is 32.5 Å². The molecule has 8 nitrogen and oxygen atoms in total. The smallest absolute Gasteiger partial charge is 0.319 e. The number of aromatic nitrogens is 1. The zero-order valence-corrected chi connectivity index (χ0v) is 19.1. The number of nitrogens with zero attached hydrogens (tertiary/aromatic N) is 1. The maximum absolute atomic E-state index is 14.8. The summed E-state index contributed by atoms with van der Waals surface area (Å²) in [6.07, 6.45) is 1.56. The fourth-order valence-corrected chi connectivity index (χ4v) is 3.75. The molecule has 2 N–H and O–H groups in total. The minimum absolute atomic E-state index is 0.0302. The number of ether oxygens (including phenoxy) is 4. The lowest BCUT2D eigenvalue weighted by atomic mass is 10.1. The number of halogens is 2. The molecule has 0 unspecified atom stereocenters. The van der Waals surface area contributed by atoms with Crippen LogP contribution in [0.15, 0.2) is 60.8 Å². The molecule has 3 aromatic carbocycles. The van der Waals surface area contributed by atoms with E-state index in [9.17, 15) is 13.6 Å². The molecule has 0 atom stereocenters. The van der Waals surface area contributed by atoms with Crippen LogP contribution in [0.3, 0.4) is 0 Å².